The van der Waals surface area contributed by atoms with Crippen LogP contribution in [0.15, 0.2) is 32.5 Å². The molecule has 0 saturated carbocycles. The summed E-state index contributed by atoms with van der Waals surface area (Å²) in [4.78, 5) is 26.2. The van der Waals surface area contributed by atoms with Gasteiger partial charge < -0.3 is 0 Å². The second kappa shape index (κ2) is 5.05. The Balaban J connectivity index is 2.06. The van der Waals surface area contributed by atoms with Crippen LogP contribution in [0.4, 0.5) is 10.1 Å². The third-order valence-corrected chi connectivity index (χ3v) is 5.52. The quantitative estimate of drug-likeness (QED) is 0.687. The van der Waals surface area contributed by atoms with Crippen LogP contribution < -0.4 is 4.90 Å². The molecule has 0 N–H and O–H groups in total. The van der Waals surface area contributed by atoms with Crippen molar-refractivity contribution in [2.75, 3.05) is 4.90 Å². The van der Waals surface area contributed by atoms with Crippen LogP contribution in [-0.2, 0) is 11.3 Å². The molecular weight excluding hydrogens is 413 g/mol. The van der Waals surface area contributed by atoms with E-state index in [9.17, 15) is 14.0 Å². The summed E-state index contributed by atoms with van der Waals surface area (Å²) in [5.41, 5.74) is 0.553. The maximum atomic E-state index is 13.7. The highest BCUT2D eigenvalue weighted by Crippen LogP contribution is 2.35. The summed E-state index contributed by atoms with van der Waals surface area (Å²) >= 11 is 7.87. The minimum absolute atomic E-state index is 0.177. The van der Waals surface area contributed by atoms with Crippen molar-refractivity contribution in [2.45, 2.75) is 6.54 Å². The average Bonchev–Trinajstić information content (AvgIpc) is 2.90. The van der Waals surface area contributed by atoms with Gasteiger partial charge in [-0.25, -0.2) is 4.39 Å². The number of anilines is 1. The number of carbonyl (C=O) groups excluding carboxylic acids is 2. The van der Waals surface area contributed by atoms with Gasteiger partial charge in [0.25, 0.3) is 11.7 Å². The Morgan fingerprint density at radius 1 is 1.20 bits per heavy atom. The van der Waals surface area contributed by atoms with Crippen LogP contribution >= 0.6 is 43.2 Å². The molecule has 20 heavy (non-hydrogen) atoms. The van der Waals surface area contributed by atoms with E-state index in [-0.39, 0.29) is 16.6 Å². The Labute approximate surface area is 134 Å². The smallest absolute Gasteiger partial charge is 0.299 e. The molecule has 2 heterocycles. The summed E-state index contributed by atoms with van der Waals surface area (Å²) < 4.78 is 14.7. The third kappa shape index (κ3) is 2.13. The van der Waals surface area contributed by atoms with E-state index in [1.54, 1.807) is 0 Å². The highest BCUT2D eigenvalue weighted by Gasteiger charge is 2.37. The highest BCUT2D eigenvalue weighted by molar-refractivity contribution is 9.10. The number of hydrogen-bond donors (Lipinski definition) is 0. The number of Topliss-reactive ketones (excluding diaryl/α,β-unsaturated/α-hetero) is 1. The van der Waals surface area contributed by atoms with E-state index in [4.69, 9.17) is 0 Å². The van der Waals surface area contributed by atoms with Gasteiger partial charge in [0.1, 0.15) is 5.82 Å². The minimum atomic E-state index is -0.627. The van der Waals surface area contributed by atoms with E-state index in [1.807, 2.05) is 11.4 Å². The Morgan fingerprint density at radius 3 is 2.60 bits per heavy atom. The van der Waals surface area contributed by atoms with Crippen molar-refractivity contribution in [1.29, 1.82) is 0 Å². The number of carbonyl (C=O) groups is 2. The number of rotatable bonds is 2. The lowest BCUT2D eigenvalue weighted by Crippen LogP contribution is -2.28. The number of thiophene rings is 1. The van der Waals surface area contributed by atoms with E-state index in [0.29, 0.717) is 5.69 Å². The Kier molecular flexibility index (Phi) is 3.51. The molecule has 1 aliphatic rings. The zero-order valence-corrected chi connectivity index (χ0v) is 13.8. The van der Waals surface area contributed by atoms with Crippen molar-refractivity contribution in [2.24, 2.45) is 0 Å². The van der Waals surface area contributed by atoms with Gasteiger partial charge in [-0.1, -0.05) is 0 Å². The molecule has 0 spiro atoms. The van der Waals surface area contributed by atoms with Gasteiger partial charge in [-0.15, -0.1) is 11.3 Å². The normalized spacial score (nSPS) is 14.1. The molecule has 7 heteroatoms. The first-order chi connectivity index (χ1) is 9.49. The molecule has 3 rings (SSSR count). The van der Waals surface area contributed by atoms with Gasteiger partial charge in [0.05, 0.1) is 22.3 Å². The van der Waals surface area contributed by atoms with Crippen molar-refractivity contribution in [3.05, 3.63) is 48.8 Å². The lowest BCUT2D eigenvalue weighted by Gasteiger charge is -2.16. The third-order valence-electron chi connectivity index (χ3n) is 3.01. The van der Waals surface area contributed by atoms with Crippen molar-refractivity contribution in [3.63, 3.8) is 0 Å². The lowest BCUT2D eigenvalue weighted by atomic mass is 10.1. The molecule has 0 aliphatic carbocycles. The summed E-state index contributed by atoms with van der Waals surface area (Å²) in [7, 11) is 0. The Bertz CT molecular complexity index is 744. The SMILES string of the molecule is O=C1C(=O)N(Cc2sccc2Br)c2cc(F)c(Br)cc21. The average molecular weight is 419 g/mol. The van der Waals surface area contributed by atoms with Gasteiger partial charge in [-0.05, 0) is 55.4 Å². The topological polar surface area (TPSA) is 37.4 Å². The summed E-state index contributed by atoms with van der Waals surface area (Å²) in [6.07, 6.45) is 0. The monoisotopic (exact) mass is 417 g/mol. The number of amides is 1. The van der Waals surface area contributed by atoms with Crippen molar-refractivity contribution < 1.29 is 14.0 Å². The first kappa shape index (κ1) is 13.9. The maximum absolute atomic E-state index is 13.7. The van der Waals surface area contributed by atoms with Gasteiger partial charge in [-0.2, -0.15) is 0 Å². The van der Waals surface area contributed by atoms with Crippen molar-refractivity contribution >= 4 is 60.6 Å². The zero-order chi connectivity index (χ0) is 14.4. The van der Waals surface area contributed by atoms with Gasteiger partial charge >= 0.3 is 0 Å². The van der Waals surface area contributed by atoms with Crippen LogP contribution in [0.1, 0.15) is 15.2 Å². The van der Waals surface area contributed by atoms with Crippen molar-refractivity contribution in [3.8, 4) is 0 Å². The molecule has 3 nitrogen and oxygen atoms in total. The van der Waals surface area contributed by atoms with Gasteiger partial charge in [0.15, 0.2) is 0 Å². The number of ketones is 1. The Hall–Kier alpha value is -1.05. The molecule has 1 aromatic carbocycles. The van der Waals surface area contributed by atoms with Gasteiger partial charge in [0, 0.05) is 9.35 Å². The van der Waals surface area contributed by atoms with Gasteiger partial charge in [-0.3, -0.25) is 14.5 Å². The summed E-state index contributed by atoms with van der Waals surface area (Å²) in [5.74, 6) is -1.73. The zero-order valence-electron chi connectivity index (χ0n) is 9.82. The predicted molar refractivity (Wildman–Crippen MR) is 81.6 cm³/mol. The second-order valence-corrected chi connectivity index (χ2v) is 6.90. The molecule has 102 valence electrons. The number of benzene rings is 1. The molecule has 0 fully saturated rings. The number of hydrogen-bond acceptors (Lipinski definition) is 3. The van der Waals surface area contributed by atoms with Crippen LogP contribution in [0.3, 0.4) is 0 Å². The highest BCUT2D eigenvalue weighted by atomic mass is 79.9. The van der Waals surface area contributed by atoms with E-state index >= 15 is 0 Å². The molecule has 2 aromatic rings. The van der Waals surface area contributed by atoms with E-state index < -0.39 is 17.5 Å². The molecule has 0 radical (unpaired) electrons. The molecular formula is C13H6Br2FNO2S. The first-order valence-electron chi connectivity index (χ1n) is 5.56. The van der Waals surface area contributed by atoms with Crippen LogP contribution in [0.25, 0.3) is 0 Å². The fourth-order valence-electron chi connectivity index (χ4n) is 2.03. The van der Waals surface area contributed by atoms with E-state index in [2.05, 4.69) is 31.9 Å². The van der Waals surface area contributed by atoms with Crippen LogP contribution in [-0.4, -0.2) is 11.7 Å². The molecule has 1 aromatic heterocycles. The van der Waals surface area contributed by atoms with Crippen LogP contribution in [0.2, 0.25) is 0 Å². The number of nitrogens with zero attached hydrogens (tertiary/aromatic N) is 1. The Morgan fingerprint density at radius 2 is 1.95 bits per heavy atom. The maximum Gasteiger partial charge on any atom is 0.299 e. The first-order valence-corrected chi connectivity index (χ1v) is 8.02. The van der Waals surface area contributed by atoms with E-state index in [0.717, 1.165) is 9.35 Å². The number of fused-ring (bicyclic) bond motifs is 1. The standard InChI is InChI=1S/C13H6Br2FNO2S/c14-7-1-2-20-11(7)5-17-10-4-9(16)8(15)3-6(10)12(18)13(17)19/h1-4H,5H2. The predicted octanol–water partition coefficient (Wildman–Crippen LogP) is 4.14. The van der Waals surface area contributed by atoms with E-state index in [1.165, 1.54) is 28.4 Å². The van der Waals surface area contributed by atoms with Crippen LogP contribution in [0.5, 0.6) is 0 Å². The number of halogens is 3. The minimum Gasteiger partial charge on any atom is -0.299 e. The molecule has 0 bridgehead atoms. The molecule has 0 atom stereocenters. The molecule has 1 aliphatic heterocycles. The van der Waals surface area contributed by atoms with Crippen LogP contribution in [0, 0.1) is 5.82 Å². The van der Waals surface area contributed by atoms with Crippen molar-refractivity contribution in [1.82, 2.24) is 0 Å². The summed E-state index contributed by atoms with van der Waals surface area (Å²) in [5, 5.41) is 1.88. The lowest BCUT2D eigenvalue weighted by molar-refractivity contribution is -0.114. The largest absolute Gasteiger partial charge is 0.299 e. The molecule has 0 saturated heterocycles. The van der Waals surface area contributed by atoms with Gasteiger partial charge in [0.2, 0.25) is 0 Å². The second-order valence-electron chi connectivity index (χ2n) is 4.20. The fraction of sp³-hybridized carbons (Fsp3) is 0.0769. The molecule has 1 amide bonds. The summed E-state index contributed by atoms with van der Waals surface area (Å²) in [6.45, 7) is 0.247. The summed E-state index contributed by atoms with van der Waals surface area (Å²) in [6, 6.07) is 4.43. The fourth-order valence-corrected chi connectivity index (χ4v) is 3.84. The molecule has 0 unspecified atom stereocenters.